The Morgan fingerprint density at radius 1 is 1.90 bits per heavy atom. The van der Waals surface area contributed by atoms with Gasteiger partial charge in [0.15, 0.2) is 0 Å². The van der Waals surface area contributed by atoms with Crippen molar-refractivity contribution in [1.82, 2.24) is 5.32 Å². The van der Waals surface area contributed by atoms with Crippen molar-refractivity contribution in [3.05, 3.63) is 0 Å². The Bertz CT molecular complexity index is 128. The van der Waals surface area contributed by atoms with E-state index in [1.165, 1.54) is 7.11 Å². The standard InChI is InChI=1S/C5H9NO3S/c1-9-5(8)4(2-10)6-3-7/h3-4,10H,2H2,1H3,(H,6,7)/t4-/m0/s1. The van der Waals surface area contributed by atoms with E-state index in [4.69, 9.17) is 0 Å². The second kappa shape index (κ2) is 5.10. The minimum Gasteiger partial charge on any atom is -0.467 e. The molecule has 0 spiro atoms. The third-order valence-corrected chi connectivity index (χ3v) is 1.30. The zero-order valence-corrected chi connectivity index (χ0v) is 6.43. The zero-order valence-electron chi connectivity index (χ0n) is 5.53. The average Bonchev–Trinajstić information content (AvgIpc) is 1.99. The van der Waals surface area contributed by atoms with E-state index in [-0.39, 0.29) is 5.75 Å². The van der Waals surface area contributed by atoms with Gasteiger partial charge in [-0.2, -0.15) is 12.6 Å². The van der Waals surface area contributed by atoms with E-state index in [0.29, 0.717) is 6.41 Å². The summed E-state index contributed by atoms with van der Waals surface area (Å²) in [4.78, 5) is 20.5. The fourth-order valence-electron chi connectivity index (χ4n) is 0.420. The number of esters is 1. The summed E-state index contributed by atoms with van der Waals surface area (Å²) in [7, 11) is 1.26. The van der Waals surface area contributed by atoms with E-state index in [2.05, 4.69) is 22.7 Å². The van der Waals surface area contributed by atoms with Crippen LogP contribution in [0, 0.1) is 0 Å². The fraction of sp³-hybridized carbons (Fsp3) is 0.600. The summed E-state index contributed by atoms with van der Waals surface area (Å²) in [5, 5.41) is 2.25. The molecule has 10 heavy (non-hydrogen) atoms. The number of methoxy groups -OCH3 is 1. The smallest absolute Gasteiger partial charge is 0.329 e. The number of amides is 1. The lowest BCUT2D eigenvalue weighted by Crippen LogP contribution is -2.38. The third kappa shape index (κ3) is 2.72. The maximum atomic E-state index is 10.6. The maximum absolute atomic E-state index is 10.6. The lowest BCUT2D eigenvalue weighted by Gasteiger charge is -2.08. The first-order valence-corrected chi connectivity index (χ1v) is 3.28. The molecule has 0 aliphatic rings. The topological polar surface area (TPSA) is 55.4 Å². The Hall–Kier alpha value is -0.710. The fourth-order valence-corrected chi connectivity index (χ4v) is 0.674. The largest absolute Gasteiger partial charge is 0.467 e. The SMILES string of the molecule is COC(=O)[C@H](CS)NC=O. The van der Waals surface area contributed by atoms with Crippen LogP contribution in [0.2, 0.25) is 0 Å². The molecule has 58 valence electrons. The molecule has 0 bridgehead atoms. The first kappa shape index (κ1) is 9.29. The van der Waals surface area contributed by atoms with E-state index < -0.39 is 12.0 Å². The van der Waals surface area contributed by atoms with Crippen LogP contribution in [0.3, 0.4) is 0 Å². The van der Waals surface area contributed by atoms with E-state index in [1.54, 1.807) is 0 Å². The van der Waals surface area contributed by atoms with Crippen molar-refractivity contribution < 1.29 is 14.3 Å². The maximum Gasteiger partial charge on any atom is 0.329 e. The van der Waals surface area contributed by atoms with E-state index in [9.17, 15) is 9.59 Å². The van der Waals surface area contributed by atoms with E-state index in [0.717, 1.165) is 0 Å². The number of hydrogen-bond donors (Lipinski definition) is 2. The number of hydrogen-bond acceptors (Lipinski definition) is 4. The summed E-state index contributed by atoms with van der Waals surface area (Å²) in [5.41, 5.74) is 0. The lowest BCUT2D eigenvalue weighted by atomic mass is 10.3. The van der Waals surface area contributed by atoms with Gasteiger partial charge in [-0.25, -0.2) is 4.79 Å². The van der Waals surface area contributed by atoms with Crippen LogP contribution in [-0.4, -0.2) is 31.3 Å². The van der Waals surface area contributed by atoms with Gasteiger partial charge >= 0.3 is 5.97 Å². The van der Waals surface area contributed by atoms with Gasteiger partial charge in [-0.1, -0.05) is 0 Å². The van der Waals surface area contributed by atoms with Crippen LogP contribution in [-0.2, 0) is 14.3 Å². The molecule has 0 radical (unpaired) electrons. The molecule has 0 aliphatic carbocycles. The monoisotopic (exact) mass is 163 g/mol. The van der Waals surface area contributed by atoms with Crippen LogP contribution < -0.4 is 5.32 Å². The number of thiol groups is 1. The molecule has 0 aromatic rings. The van der Waals surface area contributed by atoms with Crippen LogP contribution in [0.5, 0.6) is 0 Å². The molecule has 5 heteroatoms. The second-order valence-electron chi connectivity index (χ2n) is 1.54. The third-order valence-electron chi connectivity index (χ3n) is 0.938. The van der Waals surface area contributed by atoms with Crippen molar-refractivity contribution in [2.24, 2.45) is 0 Å². The molecule has 0 unspecified atom stereocenters. The van der Waals surface area contributed by atoms with Crippen molar-refractivity contribution in [2.75, 3.05) is 12.9 Å². The van der Waals surface area contributed by atoms with Crippen molar-refractivity contribution in [1.29, 1.82) is 0 Å². The van der Waals surface area contributed by atoms with E-state index >= 15 is 0 Å². The quantitative estimate of drug-likeness (QED) is 0.324. The van der Waals surface area contributed by atoms with Gasteiger partial charge in [0, 0.05) is 5.75 Å². The Morgan fingerprint density at radius 3 is 2.80 bits per heavy atom. The van der Waals surface area contributed by atoms with Crippen molar-refractivity contribution in [3.63, 3.8) is 0 Å². The molecule has 1 atom stereocenters. The van der Waals surface area contributed by atoms with Crippen LogP contribution in [0.25, 0.3) is 0 Å². The molecule has 0 fully saturated rings. The Morgan fingerprint density at radius 2 is 2.50 bits per heavy atom. The first-order chi connectivity index (χ1) is 4.76. The molecule has 1 N–H and O–H groups in total. The molecule has 0 aliphatic heterocycles. The minimum absolute atomic E-state index is 0.241. The van der Waals surface area contributed by atoms with Gasteiger partial charge in [0.25, 0.3) is 0 Å². The second-order valence-corrected chi connectivity index (χ2v) is 1.91. The van der Waals surface area contributed by atoms with Crippen molar-refractivity contribution in [2.45, 2.75) is 6.04 Å². The number of rotatable bonds is 4. The summed E-state index contributed by atoms with van der Waals surface area (Å²) < 4.78 is 4.35. The van der Waals surface area contributed by atoms with Crippen molar-refractivity contribution >= 4 is 25.0 Å². The predicted octanol–water partition coefficient (Wildman–Crippen LogP) is -0.796. The summed E-state index contributed by atoms with van der Waals surface area (Å²) in [6.07, 6.45) is 0.442. The highest BCUT2D eigenvalue weighted by Gasteiger charge is 2.14. The Balaban J connectivity index is 3.79. The Labute approximate surface area is 64.3 Å². The number of carbonyl (C=O) groups excluding carboxylic acids is 2. The summed E-state index contributed by atoms with van der Waals surface area (Å²) >= 11 is 3.82. The highest BCUT2D eigenvalue weighted by Crippen LogP contribution is 1.88. The van der Waals surface area contributed by atoms with Gasteiger partial charge in [-0.05, 0) is 0 Å². The molecule has 0 rings (SSSR count). The van der Waals surface area contributed by atoms with Crippen molar-refractivity contribution in [3.8, 4) is 0 Å². The van der Waals surface area contributed by atoms with Gasteiger partial charge in [-0.15, -0.1) is 0 Å². The zero-order chi connectivity index (χ0) is 7.98. The van der Waals surface area contributed by atoms with Gasteiger partial charge in [0.2, 0.25) is 6.41 Å². The molecule has 0 aromatic heterocycles. The molecule has 0 heterocycles. The molecular formula is C5H9NO3S. The highest BCUT2D eigenvalue weighted by atomic mass is 32.1. The molecule has 4 nitrogen and oxygen atoms in total. The Kier molecular flexibility index (Phi) is 4.74. The predicted molar refractivity (Wildman–Crippen MR) is 38.9 cm³/mol. The van der Waals surface area contributed by atoms with Crippen LogP contribution in [0.4, 0.5) is 0 Å². The summed E-state index contributed by atoms with van der Waals surface area (Å²) in [5.74, 6) is -0.243. The highest BCUT2D eigenvalue weighted by molar-refractivity contribution is 7.80. The van der Waals surface area contributed by atoms with Crippen LogP contribution in [0.1, 0.15) is 0 Å². The molecule has 0 saturated carbocycles. The van der Waals surface area contributed by atoms with Crippen LogP contribution >= 0.6 is 12.6 Å². The summed E-state index contributed by atoms with van der Waals surface area (Å²) in [6, 6.07) is -0.633. The van der Waals surface area contributed by atoms with Gasteiger partial charge in [0.05, 0.1) is 7.11 Å². The van der Waals surface area contributed by atoms with Gasteiger partial charge < -0.3 is 10.1 Å². The first-order valence-electron chi connectivity index (χ1n) is 2.64. The van der Waals surface area contributed by atoms with Gasteiger partial charge in [0.1, 0.15) is 6.04 Å². The minimum atomic E-state index is -0.633. The average molecular weight is 163 g/mol. The number of nitrogens with one attached hydrogen (secondary N) is 1. The van der Waals surface area contributed by atoms with E-state index in [1.807, 2.05) is 0 Å². The molecule has 0 saturated heterocycles. The number of ether oxygens (including phenoxy) is 1. The number of carbonyl (C=O) groups is 2. The molecular weight excluding hydrogens is 154 g/mol. The van der Waals surface area contributed by atoms with Crippen LogP contribution in [0.15, 0.2) is 0 Å². The summed E-state index contributed by atoms with van der Waals surface area (Å²) in [6.45, 7) is 0. The lowest BCUT2D eigenvalue weighted by molar-refractivity contribution is -0.143. The normalized spacial score (nSPS) is 11.8. The van der Waals surface area contributed by atoms with Gasteiger partial charge in [-0.3, -0.25) is 4.79 Å². The molecule has 1 amide bonds. The molecule has 0 aromatic carbocycles.